The van der Waals surface area contributed by atoms with E-state index in [0.29, 0.717) is 19.4 Å². The van der Waals surface area contributed by atoms with Crippen LogP contribution in [0.5, 0.6) is 0 Å². The lowest BCUT2D eigenvalue weighted by molar-refractivity contribution is -0.119. The summed E-state index contributed by atoms with van der Waals surface area (Å²) in [6, 6.07) is 15.2. The maximum atomic E-state index is 12.5. The number of nitrogens with two attached hydrogens (primary N) is 2. The van der Waals surface area contributed by atoms with Gasteiger partial charge in [-0.05, 0) is 24.0 Å². The van der Waals surface area contributed by atoms with Gasteiger partial charge in [-0.15, -0.1) is 0 Å². The SMILES string of the molecule is CN(CCC[C@H](N)C(N)=O)C(=O)OC1c2ccccc2-c2ccccc21. The maximum Gasteiger partial charge on any atom is 0.410 e. The molecule has 0 spiro atoms. The Morgan fingerprint density at radius 3 is 2.15 bits per heavy atom. The molecule has 0 fully saturated rings. The highest BCUT2D eigenvalue weighted by Gasteiger charge is 2.31. The van der Waals surface area contributed by atoms with E-state index in [1.165, 1.54) is 4.90 Å². The molecular formula is C20H23N3O3. The quantitative estimate of drug-likeness (QED) is 0.833. The van der Waals surface area contributed by atoms with E-state index < -0.39 is 24.1 Å². The lowest BCUT2D eigenvalue weighted by Crippen LogP contribution is -2.37. The van der Waals surface area contributed by atoms with Crippen LogP contribution in [0.3, 0.4) is 0 Å². The van der Waals surface area contributed by atoms with Gasteiger partial charge >= 0.3 is 6.09 Å². The maximum absolute atomic E-state index is 12.5. The molecule has 0 heterocycles. The van der Waals surface area contributed by atoms with Gasteiger partial charge in [0.05, 0.1) is 6.04 Å². The molecule has 0 aliphatic heterocycles. The molecule has 6 nitrogen and oxygen atoms in total. The zero-order valence-corrected chi connectivity index (χ0v) is 14.7. The third-order valence-electron chi connectivity index (χ3n) is 4.68. The van der Waals surface area contributed by atoms with Gasteiger partial charge in [0.2, 0.25) is 5.91 Å². The highest BCUT2D eigenvalue weighted by molar-refractivity contribution is 5.80. The Balaban J connectivity index is 1.67. The molecule has 2 aromatic rings. The zero-order valence-electron chi connectivity index (χ0n) is 14.7. The van der Waals surface area contributed by atoms with Gasteiger partial charge < -0.3 is 21.1 Å². The second kappa shape index (κ2) is 7.58. The van der Waals surface area contributed by atoms with E-state index in [1.54, 1.807) is 7.05 Å². The van der Waals surface area contributed by atoms with Gasteiger partial charge in [0, 0.05) is 24.7 Å². The van der Waals surface area contributed by atoms with Crippen molar-refractivity contribution >= 4 is 12.0 Å². The van der Waals surface area contributed by atoms with Crippen LogP contribution >= 0.6 is 0 Å². The second-order valence-electron chi connectivity index (χ2n) is 6.51. The number of nitrogens with zero attached hydrogens (tertiary/aromatic N) is 1. The van der Waals surface area contributed by atoms with Crippen molar-refractivity contribution in [2.75, 3.05) is 13.6 Å². The third-order valence-corrected chi connectivity index (χ3v) is 4.68. The van der Waals surface area contributed by atoms with E-state index in [4.69, 9.17) is 16.2 Å². The molecule has 136 valence electrons. The van der Waals surface area contributed by atoms with Crippen LogP contribution < -0.4 is 11.5 Å². The third kappa shape index (κ3) is 3.55. The van der Waals surface area contributed by atoms with Crippen LogP contribution in [0.1, 0.15) is 30.1 Å². The molecule has 1 atom stereocenters. The Hall–Kier alpha value is -2.86. The van der Waals surface area contributed by atoms with Crippen molar-refractivity contribution in [1.29, 1.82) is 0 Å². The van der Waals surface area contributed by atoms with Gasteiger partial charge in [0.1, 0.15) is 0 Å². The summed E-state index contributed by atoms with van der Waals surface area (Å²) >= 11 is 0. The Kier molecular flexibility index (Phi) is 5.23. The first-order valence-corrected chi connectivity index (χ1v) is 8.64. The number of primary amides is 1. The first-order chi connectivity index (χ1) is 12.5. The minimum atomic E-state index is -0.687. The number of fused-ring (bicyclic) bond motifs is 3. The van der Waals surface area contributed by atoms with Gasteiger partial charge in [-0.2, -0.15) is 0 Å². The van der Waals surface area contributed by atoms with Crippen LogP contribution in [0.25, 0.3) is 11.1 Å². The summed E-state index contributed by atoms with van der Waals surface area (Å²) in [6.07, 6.45) is 0.190. The number of rotatable bonds is 6. The minimum Gasteiger partial charge on any atom is -0.436 e. The number of benzene rings is 2. The van der Waals surface area contributed by atoms with E-state index in [-0.39, 0.29) is 0 Å². The Morgan fingerprint density at radius 1 is 1.08 bits per heavy atom. The number of hydrogen-bond donors (Lipinski definition) is 2. The Morgan fingerprint density at radius 2 is 1.62 bits per heavy atom. The van der Waals surface area contributed by atoms with Crippen molar-refractivity contribution in [3.63, 3.8) is 0 Å². The summed E-state index contributed by atoms with van der Waals surface area (Å²) in [7, 11) is 1.67. The molecule has 2 aromatic carbocycles. The average molecular weight is 353 g/mol. The minimum absolute atomic E-state index is 0.408. The average Bonchev–Trinajstić information content (AvgIpc) is 2.95. The molecule has 0 saturated carbocycles. The number of carbonyl (C=O) groups excluding carboxylic acids is 2. The molecule has 4 N–H and O–H groups in total. The van der Waals surface area contributed by atoms with Gasteiger partial charge in [-0.3, -0.25) is 4.79 Å². The van der Waals surface area contributed by atoms with Crippen LogP contribution in [0.4, 0.5) is 4.79 Å². The first kappa shape index (κ1) is 17.9. The van der Waals surface area contributed by atoms with Crippen molar-refractivity contribution in [3.8, 4) is 11.1 Å². The Bertz CT molecular complexity index is 776. The van der Waals surface area contributed by atoms with Gasteiger partial charge in [0.15, 0.2) is 6.10 Å². The molecule has 0 aromatic heterocycles. The van der Waals surface area contributed by atoms with Crippen LogP contribution in [0.15, 0.2) is 48.5 Å². The summed E-state index contributed by atoms with van der Waals surface area (Å²) in [6.45, 7) is 0.440. The molecule has 0 saturated heterocycles. The van der Waals surface area contributed by atoms with Gasteiger partial charge in [-0.25, -0.2) is 4.79 Å². The van der Waals surface area contributed by atoms with E-state index >= 15 is 0 Å². The fourth-order valence-corrected chi connectivity index (χ4v) is 3.21. The summed E-state index contributed by atoms with van der Waals surface area (Å²) in [4.78, 5) is 25.0. The van der Waals surface area contributed by atoms with Crippen LogP contribution in [-0.4, -0.2) is 36.5 Å². The predicted molar refractivity (Wildman–Crippen MR) is 99.2 cm³/mol. The predicted octanol–water partition coefficient (Wildman–Crippen LogP) is 2.42. The normalized spacial score (nSPS) is 13.6. The smallest absolute Gasteiger partial charge is 0.410 e. The van der Waals surface area contributed by atoms with Crippen molar-refractivity contribution in [2.24, 2.45) is 11.5 Å². The Labute approximate surface area is 152 Å². The molecule has 6 heteroatoms. The monoisotopic (exact) mass is 353 g/mol. The number of carbonyl (C=O) groups is 2. The molecule has 26 heavy (non-hydrogen) atoms. The van der Waals surface area contributed by atoms with E-state index in [9.17, 15) is 9.59 Å². The standard InChI is InChI=1S/C20H23N3O3/c1-23(12-6-11-17(21)19(22)24)20(25)26-18-15-9-4-2-7-13(15)14-8-3-5-10-16(14)18/h2-5,7-10,17-18H,6,11-12,21H2,1H3,(H2,22,24)/t17-/m0/s1. The number of hydrogen-bond acceptors (Lipinski definition) is 4. The molecule has 1 aliphatic carbocycles. The fraction of sp³-hybridized carbons (Fsp3) is 0.300. The van der Waals surface area contributed by atoms with Crippen LogP contribution in [0.2, 0.25) is 0 Å². The van der Waals surface area contributed by atoms with Gasteiger partial charge in [0.25, 0.3) is 0 Å². The summed E-state index contributed by atoms with van der Waals surface area (Å²) in [5, 5.41) is 0. The molecule has 0 unspecified atom stereocenters. The van der Waals surface area contributed by atoms with E-state index in [2.05, 4.69) is 0 Å². The first-order valence-electron chi connectivity index (χ1n) is 8.64. The molecule has 2 amide bonds. The van der Waals surface area contributed by atoms with E-state index in [0.717, 1.165) is 22.3 Å². The zero-order chi connectivity index (χ0) is 18.7. The highest BCUT2D eigenvalue weighted by Crippen LogP contribution is 2.45. The summed E-state index contributed by atoms with van der Waals surface area (Å²) in [5.41, 5.74) is 14.9. The van der Waals surface area contributed by atoms with Gasteiger partial charge in [-0.1, -0.05) is 48.5 Å². The van der Waals surface area contributed by atoms with Crippen molar-refractivity contribution < 1.29 is 14.3 Å². The highest BCUT2D eigenvalue weighted by atomic mass is 16.6. The molecule has 0 bridgehead atoms. The van der Waals surface area contributed by atoms with E-state index in [1.807, 2.05) is 48.5 Å². The number of ether oxygens (including phenoxy) is 1. The summed E-state index contributed by atoms with van der Waals surface area (Å²) < 4.78 is 5.80. The van der Waals surface area contributed by atoms with Crippen molar-refractivity contribution in [2.45, 2.75) is 25.0 Å². The molecule has 0 radical (unpaired) electrons. The molecule has 3 rings (SSSR count). The lowest BCUT2D eigenvalue weighted by Gasteiger charge is -2.21. The van der Waals surface area contributed by atoms with Crippen molar-refractivity contribution in [1.82, 2.24) is 4.90 Å². The molecular weight excluding hydrogens is 330 g/mol. The second-order valence-corrected chi connectivity index (χ2v) is 6.51. The van der Waals surface area contributed by atoms with Crippen LogP contribution in [-0.2, 0) is 9.53 Å². The summed E-state index contributed by atoms with van der Waals surface area (Å²) in [5.74, 6) is -0.533. The largest absolute Gasteiger partial charge is 0.436 e. The van der Waals surface area contributed by atoms with Crippen molar-refractivity contribution in [3.05, 3.63) is 59.7 Å². The fourth-order valence-electron chi connectivity index (χ4n) is 3.21. The van der Waals surface area contributed by atoms with Crippen LogP contribution in [0, 0.1) is 0 Å². The lowest BCUT2D eigenvalue weighted by atomic mass is 10.1. The number of amides is 2. The molecule has 1 aliphatic rings. The topological polar surface area (TPSA) is 98.6 Å².